The maximum Gasteiger partial charge on any atom is 0.245 e. The van der Waals surface area contributed by atoms with Gasteiger partial charge in [0.05, 0.1) is 5.69 Å². The maximum absolute atomic E-state index is 12.8. The third kappa shape index (κ3) is 4.28. The van der Waals surface area contributed by atoms with Gasteiger partial charge in [-0.2, -0.15) is 0 Å². The van der Waals surface area contributed by atoms with Crippen molar-refractivity contribution in [2.45, 2.75) is 11.0 Å². The van der Waals surface area contributed by atoms with Crippen LogP contribution in [0.3, 0.4) is 0 Å². The molecule has 1 heterocycles. The molecule has 1 aliphatic heterocycles. The molecule has 1 unspecified atom stereocenters. The largest absolute Gasteiger partial charge is 0.289 e. The summed E-state index contributed by atoms with van der Waals surface area (Å²) in [5.74, 6) is -0.292. The topological polar surface area (TPSA) is 63.2 Å². The van der Waals surface area contributed by atoms with E-state index < -0.39 is 14.6 Å². The first kappa shape index (κ1) is 18.5. The minimum absolute atomic E-state index is 0.220. The second-order valence-corrected chi connectivity index (χ2v) is 10.5. The molecule has 1 N–H and O–H groups in total. The van der Waals surface area contributed by atoms with E-state index in [1.54, 1.807) is 36.4 Å². The molecule has 0 aliphatic carbocycles. The molecular formula is C17H13BrClNO3S2. The zero-order valence-electron chi connectivity index (χ0n) is 12.8. The van der Waals surface area contributed by atoms with E-state index in [-0.39, 0.29) is 17.0 Å². The average molecular weight is 459 g/mol. The number of anilines is 1. The van der Waals surface area contributed by atoms with Gasteiger partial charge in [0.2, 0.25) is 10.0 Å². The number of ketones is 1. The highest BCUT2D eigenvalue weighted by Gasteiger charge is 2.31. The normalized spacial score (nSPS) is 17.2. The van der Waals surface area contributed by atoms with Crippen LogP contribution in [-0.4, -0.2) is 18.8 Å². The van der Waals surface area contributed by atoms with E-state index in [0.29, 0.717) is 17.0 Å². The number of benzene rings is 2. The molecule has 3 rings (SSSR count). The van der Waals surface area contributed by atoms with Crippen molar-refractivity contribution in [3.05, 3.63) is 74.6 Å². The van der Waals surface area contributed by atoms with Gasteiger partial charge in [0, 0.05) is 20.0 Å². The molecule has 0 radical (unpaired) electrons. The molecular weight excluding hydrogens is 446 g/mol. The number of allylic oxidation sites excluding steroid dienone is 1. The van der Waals surface area contributed by atoms with E-state index in [0.717, 1.165) is 3.81 Å². The minimum atomic E-state index is -3.66. The Balaban J connectivity index is 1.94. The minimum Gasteiger partial charge on any atom is -0.289 e. The number of carbonyl (C=O) groups excluding carboxylic acids is 1. The summed E-state index contributed by atoms with van der Waals surface area (Å²) >= 11 is 10.5. The molecule has 8 heteroatoms. The van der Waals surface area contributed by atoms with Crippen LogP contribution in [0, 0.1) is 0 Å². The molecule has 0 spiro atoms. The third-order valence-corrected chi connectivity index (χ3v) is 7.98. The first-order chi connectivity index (χ1) is 11.9. The lowest BCUT2D eigenvalue weighted by Crippen LogP contribution is -2.24. The molecule has 0 bridgehead atoms. The van der Waals surface area contributed by atoms with Crippen molar-refractivity contribution in [1.82, 2.24) is 0 Å². The van der Waals surface area contributed by atoms with E-state index in [1.165, 1.54) is 23.9 Å². The van der Waals surface area contributed by atoms with Crippen LogP contribution in [0.4, 0.5) is 5.69 Å². The third-order valence-electron chi connectivity index (χ3n) is 3.58. The van der Waals surface area contributed by atoms with Gasteiger partial charge in [-0.25, -0.2) is 8.42 Å². The second kappa shape index (κ2) is 7.53. The molecule has 25 heavy (non-hydrogen) atoms. The van der Waals surface area contributed by atoms with Gasteiger partial charge in [0.1, 0.15) is 4.58 Å². The number of hydrogen-bond donors (Lipinski definition) is 1. The van der Waals surface area contributed by atoms with Crippen LogP contribution < -0.4 is 4.72 Å². The van der Waals surface area contributed by atoms with Crippen LogP contribution in [0.2, 0.25) is 5.02 Å². The standard InChI is InChI=1S/C17H13BrClNO3S2/c18-15-8-9-16(24-15)25(22,23)20-14-7-6-12(19)10-13(14)17(21)11-4-2-1-3-5-11/h1-8,10,16,20H,9H2. The fourth-order valence-corrected chi connectivity index (χ4v) is 6.33. The van der Waals surface area contributed by atoms with Crippen molar-refractivity contribution in [2.24, 2.45) is 0 Å². The van der Waals surface area contributed by atoms with Gasteiger partial charge >= 0.3 is 0 Å². The Morgan fingerprint density at radius 2 is 1.92 bits per heavy atom. The number of thioether (sulfide) groups is 1. The lowest BCUT2D eigenvalue weighted by molar-refractivity contribution is 0.103. The molecule has 0 saturated heterocycles. The Kier molecular flexibility index (Phi) is 5.58. The quantitative estimate of drug-likeness (QED) is 0.640. The van der Waals surface area contributed by atoms with Crippen molar-refractivity contribution in [3.8, 4) is 0 Å². The zero-order valence-corrected chi connectivity index (χ0v) is 16.8. The monoisotopic (exact) mass is 457 g/mol. The van der Waals surface area contributed by atoms with Crippen LogP contribution in [0.25, 0.3) is 0 Å². The Bertz CT molecular complexity index is 946. The van der Waals surface area contributed by atoms with E-state index in [9.17, 15) is 13.2 Å². The summed E-state index contributed by atoms with van der Waals surface area (Å²) in [6, 6.07) is 13.2. The number of halogens is 2. The van der Waals surface area contributed by atoms with Gasteiger partial charge in [-0.3, -0.25) is 9.52 Å². The molecule has 2 aromatic rings. The average Bonchev–Trinajstić information content (AvgIpc) is 3.04. The Hall–Kier alpha value is -1.28. The summed E-state index contributed by atoms with van der Waals surface area (Å²) in [7, 11) is -3.66. The highest BCUT2D eigenvalue weighted by Crippen LogP contribution is 2.39. The molecule has 0 aromatic heterocycles. The van der Waals surface area contributed by atoms with Gasteiger partial charge in [-0.1, -0.05) is 59.8 Å². The van der Waals surface area contributed by atoms with E-state index >= 15 is 0 Å². The van der Waals surface area contributed by atoms with Crippen LogP contribution >= 0.6 is 39.3 Å². The zero-order chi connectivity index (χ0) is 18.0. The van der Waals surface area contributed by atoms with E-state index in [2.05, 4.69) is 20.7 Å². The fraction of sp³-hybridized carbons (Fsp3) is 0.118. The number of sulfonamides is 1. The Labute approximate surface area is 163 Å². The summed E-state index contributed by atoms with van der Waals surface area (Å²) in [6.45, 7) is 0. The summed E-state index contributed by atoms with van der Waals surface area (Å²) in [4.78, 5) is 12.8. The van der Waals surface area contributed by atoms with E-state index in [4.69, 9.17) is 11.6 Å². The fourth-order valence-electron chi connectivity index (χ4n) is 2.36. The first-order valence-electron chi connectivity index (χ1n) is 7.30. The lowest BCUT2D eigenvalue weighted by Gasteiger charge is -2.16. The molecule has 130 valence electrons. The molecule has 0 fully saturated rings. The molecule has 0 saturated carbocycles. The molecule has 1 aliphatic rings. The van der Waals surface area contributed by atoms with Crippen molar-refractivity contribution >= 4 is 60.8 Å². The number of rotatable bonds is 5. The molecule has 1 atom stereocenters. The smallest absolute Gasteiger partial charge is 0.245 e. The van der Waals surface area contributed by atoms with Gasteiger partial charge in [-0.15, -0.1) is 0 Å². The van der Waals surface area contributed by atoms with Gasteiger partial charge in [-0.05, 0) is 40.5 Å². The summed E-state index contributed by atoms with van der Waals surface area (Å²) in [5, 5.41) is 0.363. The van der Waals surface area contributed by atoms with Crippen LogP contribution in [-0.2, 0) is 10.0 Å². The number of hydrogen-bond acceptors (Lipinski definition) is 4. The van der Waals surface area contributed by atoms with Gasteiger partial charge in [0.15, 0.2) is 5.78 Å². The molecule has 2 aromatic carbocycles. The van der Waals surface area contributed by atoms with Crippen LogP contribution in [0.1, 0.15) is 22.3 Å². The SMILES string of the molecule is O=C(c1ccccc1)c1cc(Cl)ccc1NS(=O)(=O)C1CC=C(Br)S1. The second-order valence-electron chi connectivity index (χ2n) is 5.32. The molecule has 0 amide bonds. The summed E-state index contributed by atoms with van der Waals surface area (Å²) < 4.78 is 27.9. The predicted octanol–water partition coefficient (Wildman–Crippen LogP) is 5.01. The number of nitrogens with one attached hydrogen (secondary N) is 1. The van der Waals surface area contributed by atoms with Crippen molar-refractivity contribution in [3.63, 3.8) is 0 Å². The maximum atomic E-state index is 12.8. The highest BCUT2D eigenvalue weighted by atomic mass is 79.9. The Morgan fingerprint density at radius 1 is 1.20 bits per heavy atom. The van der Waals surface area contributed by atoms with Crippen molar-refractivity contribution < 1.29 is 13.2 Å². The van der Waals surface area contributed by atoms with Crippen LogP contribution in [0.5, 0.6) is 0 Å². The van der Waals surface area contributed by atoms with Crippen molar-refractivity contribution in [1.29, 1.82) is 0 Å². The number of carbonyl (C=O) groups is 1. The van der Waals surface area contributed by atoms with Crippen molar-refractivity contribution in [2.75, 3.05) is 4.72 Å². The summed E-state index contributed by atoms with van der Waals surface area (Å²) in [6.07, 6.45) is 2.21. The van der Waals surface area contributed by atoms with Crippen LogP contribution in [0.15, 0.2) is 58.4 Å². The van der Waals surface area contributed by atoms with Gasteiger partial charge < -0.3 is 0 Å². The lowest BCUT2D eigenvalue weighted by atomic mass is 10.0. The molecule has 4 nitrogen and oxygen atoms in total. The Morgan fingerprint density at radius 3 is 2.56 bits per heavy atom. The highest BCUT2D eigenvalue weighted by molar-refractivity contribution is 9.14. The predicted molar refractivity (Wildman–Crippen MR) is 107 cm³/mol. The summed E-state index contributed by atoms with van der Waals surface area (Å²) in [5.41, 5.74) is 0.907. The van der Waals surface area contributed by atoms with E-state index in [1.807, 2.05) is 6.08 Å². The van der Waals surface area contributed by atoms with Gasteiger partial charge in [0.25, 0.3) is 0 Å². The first-order valence-corrected chi connectivity index (χ1v) is 10.9.